The molecule has 52 heavy (non-hydrogen) atoms. The summed E-state index contributed by atoms with van der Waals surface area (Å²) in [7, 11) is -4.19. The standard InChI is InChI=1S/C39H37F6NO5S/c1-37(2,3)21-20-25-6-10-28(11-7-25)33(23-26-8-12-29(13-9-26)35(47)5-4-22-52(49,50)51)36(48)46-31-17-14-27(15-18-31)32-19-16-30(38(40,41)42)24-34(32)39(43,44)45/h6-21,24,33H,4-5,22-23H2,1-3H3,(H,46,48)(H,49,50,51)/b21-20+. The fraction of sp³-hybridized carbons (Fsp3) is 0.282. The molecule has 0 aliphatic heterocycles. The van der Waals surface area contributed by atoms with Crippen molar-refractivity contribution in [3.63, 3.8) is 0 Å². The second-order valence-electron chi connectivity index (χ2n) is 13.5. The molecule has 0 bridgehead atoms. The third kappa shape index (κ3) is 11.6. The van der Waals surface area contributed by atoms with Crippen LogP contribution in [0.4, 0.5) is 32.0 Å². The molecule has 0 aliphatic rings. The SMILES string of the molecule is CC(C)(C)/C=C/c1ccc(C(Cc2ccc(C(=O)CCCS(=O)(=O)O)cc2)C(=O)Nc2ccc(-c3ccc(C(F)(F)F)cc3C(F)(F)F)cc2)cc1. The molecule has 0 saturated carbocycles. The summed E-state index contributed by atoms with van der Waals surface area (Å²) in [6, 6.07) is 20.6. The molecule has 0 aromatic heterocycles. The van der Waals surface area contributed by atoms with E-state index in [4.69, 9.17) is 4.55 Å². The fourth-order valence-electron chi connectivity index (χ4n) is 5.34. The highest BCUT2D eigenvalue weighted by Gasteiger charge is 2.38. The zero-order valence-corrected chi connectivity index (χ0v) is 29.3. The summed E-state index contributed by atoms with van der Waals surface area (Å²) in [6.07, 6.45) is -5.94. The number of amides is 1. The Balaban J connectivity index is 1.58. The predicted molar refractivity (Wildman–Crippen MR) is 188 cm³/mol. The van der Waals surface area contributed by atoms with Gasteiger partial charge in [0, 0.05) is 17.7 Å². The van der Waals surface area contributed by atoms with E-state index in [9.17, 15) is 44.3 Å². The summed E-state index contributed by atoms with van der Waals surface area (Å²) in [5.41, 5.74) is -0.519. The normalized spacial score (nSPS) is 13.3. The second kappa shape index (κ2) is 15.9. The van der Waals surface area contributed by atoms with Gasteiger partial charge in [-0.3, -0.25) is 14.1 Å². The number of nitrogens with one attached hydrogen (secondary N) is 1. The number of hydrogen-bond donors (Lipinski definition) is 2. The first-order chi connectivity index (χ1) is 24.1. The number of rotatable bonds is 12. The van der Waals surface area contributed by atoms with Crippen LogP contribution in [0.1, 0.15) is 77.7 Å². The highest BCUT2D eigenvalue weighted by atomic mass is 32.2. The van der Waals surface area contributed by atoms with Gasteiger partial charge in [-0.2, -0.15) is 34.8 Å². The summed E-state index contributed by atoms with van der Waals surface area (Å²) in [5, 5.41) is 2.79. The van der Waals surface area contributed by atoms with Gasteiger partial charge in [0.15, 0.2) is 5.78 Å². The summed E-state index contributed by atoms with van der Waals surface area (Å²) in [6.45, 7) is 6.17. The average molecular weight is 746 g/mol. The monoisotopic (exact) mass is 745 g/mol. The lowest BCUT2D eigenvalue weighted by atomic mass is 9.89. The van der Waals surface area contributed by atoms with Crippen LogP contribution >= 0.6 is 0 Å². The van der Waals surface area contributed by atoms with Gasteiger partial charge in [-0.25, -0.2) is 0 Å². The Labute approximate surface area is 298 Å². The van der Waals surface area contributed by atoms with E-state index in [0.29, 0.717) is 22.8 Å². The Hall–Kier alpha value is -4.75. The molecule has 0 fully saturated rings. The number of hydrogen-bond acceptors (Lipinski definition) is 4. The van der Waals surface area contributed by atoms with Crippen LogP contribution in [0, 0.1) is 5.41 Å². The van der Waals surface area contributed by atoms with Crippen LogP contribution in [0.15, 0.2) is 97.1 Å². The van der Waals surface area contributed by atoms with E-state index >= 15 is 0 Å². The Morgan fingerprint density at radius 1 is 0.808 bits per heavy atom. The topological polar surface area (TPSA) is 101 Å². The molecule has 1 amide bonds. The lowest BCUT2D eigenvalue weighted by Gasteiger charge is -2.19. The Morgan fingerprint density at radius 3 is 1.96 bits per heavy atom. The highest BCUT2D eigenvalue weighted by Crippen LogP contribution is 2.41. The predicted octanol–water partition coefficient (Wildman–Crippen LogP) is 10.3. The first-order valence-corrected chi connectivity index (χ1v) is 17.8. The van der Waals surface area contributed by atoms with E-state index in [0.717, 1.165) is 11.6 Å². The maximum Gasteiger partial charge on any atom is 0.417 e. The molecule has 1 atom stereocenters. The molecule has 6 nitrogen and oxygen atoms in total. The van der Waals surface area contributed by atoms with E-state index in [1.54, 1.807) is 24.3 Å². The van der Waals surface area contributed by atoms with Crippen molar-refractivity contribution in [1.29, 1.82) is 0 Å². The second-order valence-corrected chi connectivity index (χ2v) is 15.0. The third-order valence-corrected chi connectivity index (χ3v) is 8.87. The van der Waals surface area contributed by atoms with Crippen molar-refractivity contribution in [3.05, 3.63) is 130 Å². The zero-order chi connectivity index (χ0) is 38.5. The minimum atomic E-state index is -5.05. The van der Waals surface area contributed by atoms with Gasteiger partial charge in [-0.15, -0.1) is 0 Å². The number of ketones is 1. The van der Waals surface area contributed by atoms with Gasteiger partial charge in [0.05, 0.1) is 22.8 Å². The number of allylic oxidation sites excluding steroid dienone is 1. The molecule has 4 rings (SSSR count). The van der Waals surface area contributed by atoms with Gasteiger partial charge in [0.1, 0.15) is 0 Å². The molecule has 2 N–H and O–H groups in total. The van der Waals surface area contributed by atoms with Gasteiger partial charge < -0.3 is 5.32 Å². The maximum absolute atomic E-state index is 13.8. The van der Waals surface area contributed by atoms with Crippen LogP contribution in [0.5, 0.6) is 0 Å². The van der Waals surface area contributed by atoms with Crippen molar-refractivity contribution in [3.8, 4) is 11.1 Å². The number of alkyl halides is 6. The summed E-state index contributed by atoms with van der Waals surface area (Å²) < 4.78 is 112. The van der Waals surface area contributed by atoms with E-state index in [2.05, 4.69) is 26.1 Å². The minimum Gasteiger partial charge on any atom is -0.326 e. The molecule has 0 spiro atoms. The van der Waals surface area contributed by atoms with Crippen LogP contribution < -0.4 is 5.32 Å². The number of Topliss-reactive ketones (excluding diaryl/α,β-unsaturated/α-hetero) is 1. The van der Waals surface area contributed by atoms with Crippen LogP contribution in [-0.2, 0) is 33.7 Å². The van der Waals surface area contributed by atoms with Crippen molar-refractivity contribution in [2.75, 3.05) is 11.1 Å². The first-order valence-electron chi connectivity index (χ1n) is 16.2. The van der Waals surface area contributed by atoms with E-state index < -0.39 is 56.7 Å². The molecule has 0 radical (unpaired) electrons. The van der Waals surface area contributed by atoms with Gasteiger partial charge >= 0.3 is 12.4 Å². The maximum atomic E-state index is 13.8. The van der Waals surface area contributed by atoms with E-state index in [-0.39, 0.29) is 47.8 Å². The van der Waals surface area contributed by atoms with Gasteiger partial charge in [0.2, 0.25) is 5.91 Å². The number of carbonyl (C=O) groups excluding carboxylic acids is 2. The Morgan fingerprint density at radius 2 is 1.42 bits per heavy atom. The number of halogens is 6. The minimum absolute atomic E-state index is 0.00196. The molecular formula is C39H37F6NO5S. The highest BCUT2D eigenvalue weighted by molar-refractivity contribution is 7.85. The van der Waals surface area contributed by atoms with Crippen LogP contribution in [0.25, 0.3) is 17.2 Å². The molecule has 13 heteroatoms. The first kappa shape index (κ1) is 40.0. The molecule has 1 unspecified atom stereocenters. The quantitative estimate of drug-likeness (QED) is 0.0854. The number of carbonyl (C=O) groups is 2. The Bertz CT molecular complexity index is 2010. The van der Waals surface area contributed by atoms with Crippen molar-refractivity contribution in [2.24, 2.45) is 5.41 Å². The lowest BCUT2D eigenvalue weighted by Crippen LogP contribution is -2.23. The smallest absolute Gasteiger partial charge is 0.326 e. The van der Waals surface area contributed by atoms with Crippen LogP contribution in [-0.4, -0.2) is 30.4 Å². The van der Waals surface area contributed by atoms with Crippen molar-refractivity contribution in [2.45, 2.75) is 58.3 Å². The van der Waals surface area contributed by atoms with Gasteiger partial charge in [-0.1, -0.05) is 99.7 Å². The summed E-state index contributed by atoms with van der Waals surface area (Å²) in [5.74, 6) is -2.06. The third-order valence-electron chi connectivity index (χ3n) is 8.07. The van der Waals surface area contributed by atoms with Crippen molar-refractivity contribution >= 4 is 33.6 Å². The number of benzene rings is 4. The summed E-state index contributed by atoms with van der Waals surface area (Å²) in [4.78, 5) is 26.3. The molecule has 4 aromatic carbocycles. The summed E-state index contributed by atoms with van der Waals surface area (Å²) >= 11 is 0. The van der Waals surface area contributed by atoms with Crippen LogP contribution in [0.2, 0.25) is 0 Å². The van der Waals surface area contributed by atoms with Crippen LogP contribution in [0.3, 0.4) is 0 Å². The average Bonchev–Trinajstić information content (AvgIpc) is 3.05. The van der Waals surface area contributed by atoms with E-state index in [1.807, 2.05) is 36.4 Å². The van der Waals surface area contributed by atoms with Gasteiger partial charge in [0.25, 0.3) is 10.1 Å². The zero-order valence-electron chi connectivity index (χ0n) is 28.5. The molecule has 0 saturated heterocycles. The van der Waals surface area contributed by atoms with Crippen molar-refractivity contribution < 1.29 is 48.9 Å². The van der Waals surface area contributed by atoms with E-state index in [1.165, 1.54) is 24.3 Å². The van der Waals surface area contributed by atoms with Gasteiger partial charge in [-0.05, 0) is 70.3 Å². The van der Waals surface area contributed by atoms with Crippen molar-refractivity contribution in [1.82, 2.24) is 0 Å². The molecule has 276 valence electrons. The molecule has 4 aromatic rings. The molecule has 0 aliphatic carbocycles. The Kier molecular flexibility index (Phi) is 12.2. The largest absolute Gasteiger partial charge is 0.417 e. The molecule has 0 heterocycles. The lowest BCUT2D eigenvalue weighted by molar-refractivity contribution is -0.142. The fourth-order valence-corrected chi connectivity index (χ4v) is 5.85. The molecular weight excluding hydrogens is 708 g/mol. The number of anilines is 1.